The maximum Gasteiger partial charge on any atom is 0.255 e. The molecule has 0 heterocycles. The van der Waals surface area contributed by atoms with Gasteiger partial charge in [0.1, 0.15) is 5.75 Å². The lowest BCUT2D eigenvalue weighted by atomic mass is 10.2. The van der Waals surface area contributed by atoms with Crippen LogP contribution in [-0.2, 0) is 10.0 Å². The van der Waals surface area contributed by atoms with Gasteiger partial charge >= 0.3 is 0 Å². The van der Waals surface area contributed by atoms with Crippen molar-refractivity contribution in [2.45, 2.75) is 38.1 Å². The van der Waals surface area contributed by atoms with Crippen molar-refractivity contribution in [1.82, 2.24) is 4.31 Å². The molecule has 0 aliphatic carbocycles. The number of carbonyl (C=O) groups is 1. The second-order valence-corrected chi connectivity index (χ2v) is 9.02. The van der Waals surface area contributed by atoms with Crippen LogP contribution >= 0.6 is 11.6 Å². The molecule has 0 unspecified atom stereocenters. The maximum absolute atomic E-state index is 12.6. The summed E-state index contributed by atoms with van der Waals surface area (Å²) in [6.45, 7) is 6.09. The van der Waals surface area contributed by atoms with Crippen molar-refractivity contribution < 1.29 is 17.9 Å². The van der Waals surface area contributed by atoms with Gasteiger partial charge in [-0.25, -0.2) is 8.42 Å². The van der Waals surface area contributed by atoms with Crippen LogP contribution in [0.5, 0.6) is 5.75 Å². The van der Waals surface area contributed by atoms with Gasteiger partial charge in [-0.2, -0.15) is 4.31 Å². The summed E-state index contributed by atoms with van der Waals surface area (Å²) >= 11 is 6.03. The average molecular weight is 425 g/mol. The number of rotatable bonds is 8. The highest BCUT2D eigenvalue weighted by Gasteiger charge is 2.23. The second-order valence-electron chi connectivity index (χ2n) is 6.58. The molecule has 2 rings (SSSR count). The second kappa shape index (κ2) is 9.41. The monoisotopic (exact) mass is 424 g/mol. The molecule has 1 amide bonds. The zero-order chi connectivity index (χ0) is 20.9. The highest BCUT2D eigenvalue weighted by molar-refractivity contribution is 7.89. The molecule has 0 saturated heterocycles. The standard InChI is InChI=1S/C20H25ClN2O4S/c1-5-12-27-19-11-8-16(21)13-18(19)22-20(24)15-6-9-17(10-7-15)28(25,26)23(4)14(2)3/h6-11,13-14H,5,12H2,1-4H3,(H,22,24). The van der Waals surface area contributed by atoms with Crippen LogP contribution in [0.2, 0.25) is 5.02 Å². The Labute approximate surface area is 171 Å². The van der Waals surface area contributed by atoms with E-state index in [4.69, 9.17) is 16.3 Å². The van der Waals surface area contributed by atoms with Crippen molar-refractivity contribution in [2.24, 2.45) is 0 Å². The molecule has 0 spiro atoms. The van der Waals surface area contributed by atoms with Crippen LogP contribution in [-0.4, -0.2) is 38.3 Å². The van der Waals surface area contributed by atoms with E-state index in [1.807, 2.05) is 6.92 Å². The molecule has 0 aromatic heterocycles. The summed E-state index contributed by atoms with van der Waals surface area (Å²) in [7, 11) is -2.07. The topological polar surface area (TPSA) is 75.7 Å². The number of carbonyl (C=O) groups excluding carboxylic acids is 1. The molecular weight excluding hydrogens is 400 g/mol. The first kappa shape index (κ1) is 22.2. The van der Waals surface area contributed by atoms with Crippen LogP contribution in [0.25, 0.3) is 0 Å². The van der Waals surface area contributed by atoms with Crippen molar-refractivity contribution in [2.75, 3.05) is 19.0 Å². The third kappa shape index (κ3) is 5.25. The van der Waals surface area contributed by atoms with Crippen LogP contribution < -0.4 is 10.1 Å². The largest absolute Gasteiger partial charge is 0.491 e. The molecule has 0 atom stereocenters. The molecule has 8 heteroatoms. The van der Waals surface area contributed by atoms with E-state index in [9.17, 15) is 13.2 Å². The van der Waals surface area contributed by atoms with Crippen LogP contribution in [0, 0.1) is 0 Å². The molecule has 0 aliphatic rings. The van der Waals surface area contributed by atoms with E-state index in [1.165, 1.54) is 35.6 Å². The van der Waals surface area contributed by atoms with E-state index in [-0.39, 0.29) is 16.8 Å². The van der Waals surface area contributed by atoms with Gasteiger partial charge in [0, 0.05) is 23.7 Å². The van der Waals surface area contributed by atoms with E-state index >= 15 is 0 Å². The Hall–Kier alpha value is -2.09. The van der Waals surface area contributed by atoms with E-state index < -0.39 is 10.0 Å². The molecule has 0 saturated carbocycles. The van der Waals surface area contributed by atoms with Crippen LogP contribution in [0.1, 0.15) is 37.6 Å². The summed E-state index contributed by atoms with van der Waals surface area (Å²) < 4.78 is 32.0. The Morgan fingerprint density at radius 1 is 1.18 bits per heavy atom. The average Bonchev–Trinajstić information content (AvgIpc) is 2.66. The van der Waals surface area contributed by atoms with Crippen molar-refractivity contribution in [3.05, 3.63) is 53.1 Å². The fourth-order valence-corrected chi connectivity index (χ4v) is 3.89. The van der Waals surface area contributed by atoms with E-state index in [2.05, 4.69) is 5.32 Å². The summed E-state index contributed by atoms with van der Waals surface area (Å²) in [4.78, 5) is 12.7. The number of hydrogen-bond donors (Lipinski definition) is 1. The van der Waals surface area contributed by atoms with Crippen LogP contribution in [0.3, 0.4) is 0 Å². The van der Waals surface area contributed by atoms with Gasteiger partial charge in [-0.15, -0.1) is 0 Å². The highest BCUT2D eigenvalue weighted by atomic mass is 35.5. The Morgan fingerprint density at radius 3 is 2.39 bits per heavy atom. The number of benzene rings is 2. The minimum atomic E-state index is -3.60. The Morgan fingerprint density at radius 2 is 1.82 bits per heavy atom. The van der Waals surface area contributed by atoms with Gasteiger partial charge in [0.2, 0.25) is 10.0 Å². The van der Waals surface area contributed by atoms with Gasteiger partial charge in [-0.3, -0.25) is 4.79 Å². The molecule has 6 nitrogen and oxygen atoms in total. The number of ether oxygens (including phenoxy) is 1. The number of anilines is 1. The van der Waals surface area contributed by atoms with E-state index in [0.717, 1.165) is 6.42 Å². The Bertz CT molecular complexity index is 928. The lowest BCUT2D eigenvalue weighted by Crippen LogP contribution is -2.33. The van der Waals surface area contributed by atoms with Crippen molar-refractivity contribution >= 4 is 33.2 Å². The van der Waals surface area contributed by atoms with E-state index in [0.29, 0.717) is 28.6 Å². The Kier molecular flexibility index (Phi) is 7.46. The first-order chi connectivity index (χ1) is 13.2. The fourth-order valence-electron chi connectivity index (χ4n) is 2.35. The quantitative estimate of drug-likeness (QED) is 0.681. The molecule has 152 valence electrons. The number of hydrogen-bond acceptors (Lipinski definition) is 4. The normalized spacial score (nSPS) is 11.7. The molecule has 1 N–H and O–H groups in total. The van der Waals surface area contributed by atoms with Crippen molar-refractivity contribution in [3.63, 3.8) is 0 Å². The predicted octanol–water partition coefficient (Wildman–Crippen LogP) is 4.41. The summed E-state index contributed by atoms with van der Waals surface area (Å²) in [6.07, 6.45) is 0.830. The minimum Gasteiger partial charge on any atom is -0.491 e. The number of nitrogens with zero attached hydrogens (tertiary/aromatic N) is 1. The number of amides is 1. The van der Waals surface area contributed by atoms with Crippen LogP contribution in [0.15, 0.2) is 47.4 Å². The van der Waals surface area contributed by atoms with Gasteiger partial charge in [-0.05, 0) is 62.7 Å². The number of halogens is 1. The first-order valence-electron chi connectivity index (χ1n) is 8.98. The zero-order valence-corrected chi connectivity index (χ0v) is 18.0. The summed E-state index contributed by atoms with van der Waals surface area (Å²) in [5, 5.41) is 3.24. The molecule has 0 aliphatic heterocycles. The van der Waals surface area contributed by atoms with E-state index in [1.54, 1.807) is 32.0 Å². The molecule has 0 radical (unpaired) electrons. The third-order valence-electron chi connectivity index (χ3n) is 4.17. The molecule has 2 aromatic carbocycles. The van der Waals surface area contributed by atoms with Gasteiger partial charge < -0.3 is 10.1 Å². The molecular formula is C20H25ClN2O4S. The van der Waals surface area contributed by atoms with Crippen molar-refractivity contribution in [3.8, 4) is 5.75 Å². The van der Waals surface area contributed by atoms with Gasteiger partial charge in [0.15, 0.2) is 0 Å². The predicted molar refractivity (Wildman–Crippen MR) is 112 cm³/mol. The minimum absolute atomic E-state index is 0.134. The zero-order valence-electron chi connectivity index (χ0n) is 16.4. The summed E-state index contributed by atoms with van der Waals surface area (Å²) in [5.41, 5.74) is 0.787. The first-order valence-corrected chi connectivity index (χ1v) is 10.8. The number of nitrogens with one attached hydrogen (secondary N) is 1. The van der Waals surface area contributed by atoms with Crippen molar-refractivity contribution in [1.29, 1.82) is 0 Å². The van der Waals surface area contributed by atoms with Crippen LogP contribution in [0.4, 0.5) is 5.69 Å². The SMILES string of the molecule is CCCOc1ccc(Cl)cc1NC(=O)c1ccc(S(=O)(=O)N(C)C(C)C)cc1. The van der Waals surface area contributed by atoms with Gasteiger partial charge in [0.05, 0.1) is 17.2 Å². The lowest BCUT2D eigenvalue weighted by molar-refractivity contribution is 0.102. The molecule has 28 heavy (non-hydrogen) atoms. The Balaban J connectivity index is 2.22. The maximum atomic E-state index is 12.6. The lowest BCUT2D eigenvalue weighted by Gasteiger charge is -2.21. The molecule has 0 fully saturated rings. The van der Waals surface area contributed by atoms with Gasteiger partial charge in [0.25, 0.3) is 5.91 Å². The van der Waals surface area contributed by atoms with Gasteiger partial charge in [-0.1, -0.05) is 18.5 Å². The fraction of sp³-hybridized carbons (Fsp3) is 0.350. The molecule has 2 aromatic rings. The summed E-state index contributed by atoms with van der Waals surface area (Å²) in [6, 6.07) is 10.6. The third-order valence-corrected chi connectivity index (χ3v) is 6.46. The smallest absolute Gasteiger partial charge is 0.255 e. The summed E-state index contributed by atoms with van der Waals surface area (Å²) in [5.74, 6) is 0.141. The highest BCUT2D eigenvalue weighted by Crippen LogP contribution is 2.29. The number of sulfonamides is 1. The molecule has 0 bridgehead atoms.